The minimum absolute atomic E-state index is 0.289. The number of nitrogens with one attached hydrogen (secondary N) is 2. The van der Waals surface area contributed by atoms with Crippen molar-refractivity contribution in [3.63, 3.8) is 0 Å². The summed E-state index contributed by atoms with van der Waals surface area (Å²) in [5.74, 6) is 4.58. The van der Waals surface area contributed by atoms with Crippen LogP contribution in [-0.2, 0) is 0 Å². The smallest absolute Gasteiger partial charge is 0.283 e. The van der Waals surface area contributed by atoms with Gasteiger partial charge in [-0.2, -0.15) is 5.10 Å². The van der Waals surface area contributed by atoms with Gasteiger partial charge in [-0.05, 0) is 12.1 Å². The molecule has 0 spiro atoms. The number of H-pyrrole nitrogens is 1. The molecule has 1 aromatic heterocycles. The number of nitrogen functional groups attached to an aromatic ring is 1. The van der Waals surface area contributed by atoms with Crippen molar-refractivity contribution in [1.82, 2.24) is 15.6 Å². The maximum Gasteiger partial charge on any atom is 0.283 e. The van der Waals surface area contributed by atoms with Crippen LogP contribution in [0.25, 0.3) is 11.3 Å². The van der Waals surface area contributed by atoms with Crippen molar-refractivity contribution in [3.05, 3.63) is 41.0 Å². The summed E-state index contributed by atoms with van der Waals surface area (Å²) in [4.78, 5) is 11.2. The number of hydrazine groups is 1. The molecule has 0 aliphatic carbocycles. The molecule has 0 aliphatic rings. The Hall–Kier alpha value is -1.85. The first kappa shape index (κ1) is 10.7. The van der Waals surface area contributed by atoms with E-state index in [0.717, 1.165) is 5.56 Å². The van der Waals surface area contributed by atoms with Gasteiger partial charge in [-0.1, -0.05) is 29.8 Å². The minimum atomic E-state index is -0.425. The second kappa shape index (κ2) is 4.34. The Morgan fingerprint density at radius 2 is 2.19 bits per heavy atom. The molecule has 0 bridgehead atoms. The number of nitrogens with zero attached hydrogens (tertiary/aromatic N) is 1. The van der Waals surface area contributed by atoms with Gasteiger partial charge in [-0.15, -0.1) is 0 Å². The van der Waals surface area contributed by atoms with Gasteiger partial charge in [0.05, 0.1) is 10.7 Å². The third-order valence-electron chi connectivity index (χ3n) is 2.10. The number of benzene rings is 1. The molecule has 6 heteroatoms. The summed E-state index contributed by atoms with van der Waals surface area (Å²) in [6.45, 7) is 0. The van der Waals surface area contributed by atoms with Gasteiger partial charge in [-0.25, -0.2) is 5.84 Å². The topological polar surface area (TPSA) is 83.8 Å². The maximum atomic E-state index is 11.2. The number of halogens is 1. The van der Waals surface area contributed by atoms with Crippen molar-refractivity contribution < 1.29 is 4.79 Å². The SMILES string of the molecule is NNC(=O)c1cc(-c2ccccc2Cl)n[nH]1. The molecule has 0 saturated heterocycles. The van der Waals surface area contributed by atoms with Gasteiger partial charge in [0.25, 0.3) is 5.91 Å². The van der Waals surface area contributed by atoms with Crippen LogP contribution in [0.1, 0.15) is 10.5 Å². The van der Waals surface area contributed by atoms with E-state index in [0.29, 0.717) is 10.7 Å². The zero-order valence-corrected chi connectivity index (χ0v) is 8.95. The van der Waals surface area contributed by atoms with Crippen molar-refractivity contribution in [2.75, 3.05) is 0 Å². The average Bonchev–Trinajstić information content (AvgIpc) is 2.78. The summed E-state index contributed by atoms with van der Waals surface area (Å²) >= 11 is 6.00. The fraction of sp³-hybridized carbons (Fsp3) is 0. The van der Waals surface area contributed by atoms with E-state index in [4.69, 9.17) is 17.4 Å². The first-order valence-electron chi connectivity index (χ1n) is 4.53. The van der Waals surface area contributed by atoms with Gasteiger partial charge in [0.1, 0.15) is 5.69 Å². The van der Waals surface area contributed by atoms with Crippen molar-refractivity contribution in [2.24, 2.45) is 5.84 Å². The summed E-state index contributed by atoms with van der Waals surface area (Å²) in [6.07, 6.45) is 0. The lowest BCUT2D eigenvalue weighted by molar-refractivity contribution is 0.0948. The molecule has 4 N–H and O–H groups in total. The number of rotatable bonds is 2. The molecule has 1 amide bonds. The third kappa shape index (κ3) is 1.91. The number of aromatic nitrogens is 2. The number of carbonyl (C=O) groups excluding carboxylic acids is 1. The van der Waals surface area contributed by atoms with E-state index in [1.165, 1.54) is 0 Å². The zero-order chi connectivity index (χ0) is 11.5. The lowest BCUT2D eigenvalue weighted by Crippen LogP contribution is -2.30. The van der Waals surface area contributed by atoms with E-state index in [9.17, 15) is 4.79 Å². The van der Waals surface area contributed by atoms with Crippen LogP contribution in [0.2, 0.25) is 5.02 Å². The molecule has 5 nitrogen and oxygen atoms in total. The summed E-state index contributed by atoms with van der Waals surface area (Å²) in [5, 5.41) is 7.15. The van der Waals surface area contributed by atoms with Crippen LogP contribution < -0.4 is 11.3 Å². The van der Waals surface area contributed by atoms with E-state index in [2.05, 4.69) is 10.2 Å². The Morgan fingerprint density at radius 3 is 2.88 bits per heavy atom. The second-order valence-electron chi connectivity index (χ2n) is 3.12. The molecular weight excluding hydrogens is 228 g/mol. The molecule has 1 aromatic carbocycles. The van der Waals surface area contributed by atoms with Gasteiger partial charge in [-0.3, -0.25) is 15.3 Å². The van der Waals surface area contributed by atoms with Gasteiger partial charge >= 0.3 is 0 Å². The Morgan fingerprint density at radius 1 is 1.44 bits per heavy atom. The average molecular weight is 237 g/mol. The van der Waals surface area contributed by atoms with E-state index in [-0.39, 0.29) is 5.69 Å². The Labute approximate surface area is 96.6 Å². The molecule has 1 heterocycles. The predicted octanol–water partition coefficient (Wildman–Crippen LogP) is 1.33. The van der Waals surface area contributed by atoms with Crippen molar-refractivity contribution in [1.29, 1.82) is 0 Å². The second-order valence-corrected chi connectivity index (χ2v) is 3.53. The third-order valence-corrected chi connectivity index (χ3v) is 2.43. The zero-order valence-electron chi connectivity index (χ0n) is 8.20. The minimum Gasteiger partial charge on any atom is -0.289 e. The predicted molar refractivity (Wildman–Crippen MR) is 60.7 cm³/mol. The molecule has 0 atom stereocenters. The quantitative estimate of drug-likeness (QED) is 0.418. The van der Waals surface area contributed by atoms with E-state index >= 15 is 0 Å². The summed E-state index contributed by atoms with van der Waals surface area (Å²) in [6, 6.07) is 8.84. The monoisotopic (exact) mass is 236 g/mol. The fourth-order valence-corrected chi connectivity index (χ4v) is 1.56. The Kier molecular flexibility index (Phi) is 2.89. The first-order chi connectivity index (χ1) is 7.72. The standard InChI is InChI=1S/C10H9ClN4O/c11-7-4-2-1-3-6(7)8-5-9(15-14-8)10(16)13-12/h1-5H,12H2,(H,13,16)(H,14,15). The van der Waals surface area contributed by atoms with Crippen molar-refractivity contribution in [3.8, 4) is 11.3 Å². The number of carbonyl (C=O) groups is 1. The maximum absolute atomic E-state index is 11.2. The fourth-order valence-electron chi connectivity index (χ4n) is 1.32. The van der Waals surface area contributed by atoms with E-state index < -0.39 is 5.91 Å². The van der Waals surface area contributed by atoms with E-state index in [1.54, 1.807) is 12.1 Å². The largest absolute Gasteiger partial charge is 0.289 e. The van der Waals surface area contributed by atoms with Gasteiger partial charge in [0, 0.05) is 5.56 Å². The number of hydrogen-bond donors (Lipinski definition) is 3. The van der Waals surface area contributed by atoms with Crippen LogP contribution >= 0.6 is 11.6 Å². The molecule has 2 aromatic rings. The van der Waals surface area contributed by atoms with Gasteiger partial charge in [0.15, 0.2) is 0 Å². The van der Waals surface area contributed by atoms with Crippen LogP contribution in [-0.4, -0.2) is 16.1 Å². The lowest BCUT2D eigenvalue weighted by atomic mass is 10.1. The molecule has 2 rings (SSSR count). The molecule has 0 unspecified atom stereocenters. The highest BCUT2D eigenvalue weighted by atomic mass is 35.5. The van der Waals surface area contributed by atoms with Crippen LogP contribution in [0.15, 0.2) is 30.3 Å². The molecule has 16 heavy (non-hydrogen) atoms. The Bertz CT molecular complexity index is 523. The van der Waals surface area contributed by atoms with Gasteiger partial charge < -0.3 is 0 Å². The summed E-state index contributed by atoms with van der Waals surface area (Å²) < 4.78 is 0. The number of aromatic amines is 1. The highest BCUT2D eigenvalue weighted by molar-refractivity contribution is 6.33. The first-order valence-corrected chi connectivity index (χ1v) is 4.91. The molecule has 0 fully saturated rings. The van der Waals surface area contributed by atoms with Crippen LogP contribution in [0.5, 0.6) is 0 Å². The lowest BCUT2D eigenvalue weighted by Gasteiger charge is -1.97. The van der Waals surface area contributed by atoms with Crippen molar-refractivity contribution in [2.45, 2.75) is 0 Å². The normalized spacial score (nSPS) is 10.1. The Balaban J connectivity index is 2.39. The molecule has 0 radical (unpaired) electrons. The highest BCUT2D eigenvalue weighted by Crippen LogP contribution is 2.25. The molecule has 0 saturated carbocycles. The number of nitrogens with two attached hydrogens (primary N) is 1. The highest BCUT2D eigenvalue weighted by Gasteiger charge is 2.11. The molecule has 0 aliphatic heterocycles. The van der Waals surface area contributed by atoms with Gasteiger partial charge in [0.2, 0.25) is 0 Å². The van der Waals surface area contributed by atoms with E-state index in [1.807, 2.05) is 23.6 Å². The van der Waals surface area contributed by atoms with Crippen molar-refractivity contribution >= 4 is 17.5 Å². The summed E-state index contributed by atoms with van der Waals surface area (Å²) in [5.41, 5.74) is 3.67. The van der Waals surface area contributed by atoms with Crippen LogP contribution in [0, 0.1) is 0 Å². The number of amides is 1. The number of hydrogen-bond acceptors (Lipinski definition) is 3. The molecule has 82 valence electrons. The molecular formula is C10H9ClN4O. The summed E-state index contributed by atoms with van der Waals surface area (Å²) in [7, 11) is 0. The van der Waals surface area contributed by atoms with Crippen LogP contribution in [0.3, 0.4) is 0 Å². The van der Waals surface area contributed by atoms with Crippen LogP contribution in [0.4, 0.5) is 0 Å².